The van der Waals surface area contributed by atoms with E-state index >= 15 is 0 Å². The molecule has 0 aromatic rings. The quantitative estimate of drug-likeness (QED) is 0.154. The van der Waals surface area contributed by atoms with Gasteiger partial charge in [-0.25, -0.2) is 0 Å². The van der Waals surface area contributed by atoms with Crippen molar-refractivity contribution >= 4 is 18.0 Å². The van der Waals surface area contributed by atoms with E-state index < -0.39 is 41.0 Å². The van der Waals surface area contributed by atoms with Crippen molar-refractivity contribution in [2.24, 2.45) is 23.7 Å². The number of aldehydes is 1. The molecule has 0 radical (unpaired) electrons. The SMILES string of the molecule is CC[C@@H](OC1CC(N(C)C)CC(C)O1)[C@@](C)(C[C@@H](C)C(=O)C(C)C(C)[C@](C)(O)[C@@H](CC)OC(=O)C(C)C=O)OC. The average molecular weight is 572 g/mol. The Morgan fingerprint density at radius 2 is 1.65 bits per heavy atom. The van der Waals surface area contributed by atoms with Crippen LogP contribution in [0, 0.1) is 23.7 Å². The minimum absolute atomic E-state index is 0.0106. The van der Waals surface area contributed by atoms with Gasteiger partial charge in [0.05, 0.1) is 17.8 Å². The summed E-state index contributed by atoms with van der Waals surface area (Å²) in [4.78, 5) is 39.1. The Morgan fingerprint density at radius 1 is 1.07 bits per heavy atom. The molecule has 0 aromatic carbocycles. The highest BCUT2D eigenvalue weighted by Crippen LogP contribution is 2.37. The number of hydrogen-bond donors (Lipinski definition) is 1. The minimum Gasteiger partial charge on any atom is -0.459 e. The summed E-state index contributed by atoms with van der Waals surface area (Å²) in [7, 11) is 5.79. The highest BCUT2D eigenvalue weighted by atomic mass is 16.7. The van der Waals surface area contributed by atoms with Crippen molar-refractivity contribution in [3.63, 3.8) is 0 Å². The summed E-state index contributed by atoms with van der Waals surface area (Å²) in [5, 5.41) is 11.4. The summed E-state index contributed by atoms with van der Waals surface area (Å²) in [5.41, 5.74) is -2.21. The highest BCUT2D eigenvalue weighted by molar-refractivity contribution is 5.87. The van der Waals surface area contributed by atoms with E-state index in [1.165, 1.54) is 6.92 Å². The lowest BCUT2D eigenvalue weighted by atomic mass is 9.72. The molecule has 0 spiro atoms. The third-order valence-corrected chi connectivity index (χ3v) is 9.19. The fourth-order valence-electron chi connectivity index (χ4n) is 5.90. The molecule has 9 nitrogen and oxygen atoms in total. The smallest absolute Gasteiger partial charge is 0.316 e. The molecule has 1 rings (SSSR count). The van der Waals surface area contributed by atoms with Crippen LogP contribution in [0.25, 0.3) is 0 Å². The van der Waals surface area contributed by atoms with Gasteiger partial charge in [-0.2, -0.15) is 0 Å². The van der Waals surface area contributed by atoms with E-state index in [9.17, 15) is 19.5 Å². The number of nitrogens with zero attached hydrogens (tertiary/aromatic N) is 1. The lowest BCUT2D eigenvalue weighted by molar-refractivity contribution is -0.254. The molecule has 6 unspecified atom stereocenters. The molecule has 1 N–H and O–H groups in total. The van der Waals surface area contributed by atoms with Crippen LogP contribution in [0.4, 0.5) is 0 Å². The van der Waals surface area contributed by atoms with Crippen LogP contribution in [0.5, 0.6) is 0 Å². The third-order valence-electron chi connectivity index (χ3n) is 9.19. The number of rotatable bonds is 17. The van der Waals surface area contributed by atoms with E-state index in [0.29, 0.717) is 31.6 Å². The second kappa shape index (κ2) is 15.7. The van der Waals surface area contributed by atoms with E-state index in [0.717, 1.165) is 12.8 Å². The van der Waals surface area contributed by atoms with Gasteiger partial charge in [-0.05, 0) is 73.4 Å². The number of carbonyl (C=O) groups is 3. The van der Waals surface area contributed by atoms with Gasteiger partial charge in [0, 0.05) is 31.4 Å². The molecule has 1 heterocycles. The van der Waals surface area contributed by atoms with Crippen molar-refractivity contribution < 1.29 is 38.4 Å². The van der Waals surface area contributed by atoms with Crippen molar-refractivity contribution in [2.75, 3.05) is 21.2 Å². The standard InChI is InChI=1S/C31H57NO8/c1-13-25(39-27-16-24(32(10)11)15-21(5)38-27)30(8,37-12)17-19(3)28(34)22(6)23(7)31(9,36)26(14-2)40-29(35)20(4)18-33/h18-27,36H,13-17H2,1-12H3/t19-,20?,21?,22?,23?,24?,25-,26-,27?,30-,31+/m1/s1. The molecule has 0 aromatic heterocycles. The Balaban J connectivity index is 3.00. The molecule has 1 aliphatic heterocycles. The minimum atomic E-state index is -1.47. The lowest BCUT2D eigenvalue weighted by Gasteiger charge is -2.43. The van der Waals surface area contributed by atoms with E-state index in [-0.39, 0.29) is 30.2 Å². The van der Waals surface area contributed by atoms with Crippen LogP contribution in [0.3, 0.4) is 0 Å². The summed E-state index contributed by atoms with van der Waals surface area (Å²) >= 11 is 0. The molecule has 9 heteroatoms. The largest absolute Gasteiger partial charge is 0.459 e. The molecular formula is C31H57NO8. The van der Waals surface area contributed by atoms with E-state index in [1.807, 2.05) is 20.8 Å². The van der Waals surface area contributed by atoms with Gasteiger partial charge in [0.25, 0.3) is 0 Å². The second-order valence-corrected chi connectivity index (χ2v) is 12.6. The molecular weight excluding hydrogens is 514 g/mol. The lowest BCUT2D eigenvalue weighted by Crippen LogP contribution is -2.52. The summed E-state index contributed by atoms with van der Waals surface area (Å²) in [6.07, 6.45) is 2.29. The van der Waals surface area contributed by atoms with Crippen LogP contribution in [0.2, 0.25) is 0 Å². The predicted octanol–water partition coefficient (Wildman–Crippen LogP) is 4.42. The van der Waals surface area contributed by atoms with Gasteiger partial charge in [-0.1, -0.05) is 34.6 Å². The Morgan fingerprint density at radius 3 is 2.12 bits per heavy atom. The molecule has 0 saturated carbocycles. The molecule has 40 heavy (non-hydrogen) atoms. The fourth-order valence-corrected chi connectivity index (χ4v) is 5.90. The average Bonchev–Trinajstić information content (AvgIpc) is 2.91. The van der Waals surface area contributed by atoms with Crippen LogP contribution >= 0.6 is 0 Å². The Labute approximate surface area is 242 Å². The molecule has 1 fully saturated rings. The second-order valence-electron chi connectivity index (χ2n) is 12.6. The van der Waals surface area contributed by atoms with E-state index in [4.69, 9.17) is 18.9 Å². The number of carbonyl (C=O) groups excluding carboxylic acids is 3. The van der Waals surface area contributed by atoms with Gasteiger partial charge in [0.15, 0.2) is 6.29 Å². The summed E-state index contributed by atoms with van der Waals surface area (Å²) in [6, 6.07) is 0.364. The van der Waals surface area contributed by atoms with Crippen molar-refractivity contribution in [3.8, 4) is 0 Å². The van der Waals surface area contributed by atoms with Gasteiger partial charge in [-0.3, -0.25) is 9.59 Å². The Hall–Kier alpha value is -1.39. The van der Waals surface area contributed by atoms with Gasteiger partial charge < -0.3 is 33.7 Å². The van der Waals surface area contributed by atoms with Crippen LogP contribution in [-0.4, -0.2) is 91.1 Å². The Bertz CT molecular complexity index is 817. The Kier molecular flexibility index (Phi) is 14.4. The summed E-state index contributed by atoms with van der Waals surface area (Å²) in [6.45, 7) is 16.4. The molecule has 234 valence electrons. The molecule has 1 aliphatic rings. The van der Waals surface area contributed by atoms with Crippen molar-refractivity contribution in [3.05, 3.63) is 0 Å². The first kappa shape index (κ1) is 36.6. The molecule has 0 bridgehead atoms. The number of ketones is 1. The van der Waals surface area contributed by atoms with Crippen molar-refractivity contribution in [1.82, 2.24) is 4.90 Å². The molecule has 11 atom stereocenters. The van der Waals surface area contributed by atoms with Crippen LogP contribution in [0.15, 0.2) is 0 Å². The van der Waals surface area contributed by atoms with Crippen LogP contribution in [-0.2, 0) is 33.3 Å². The molecule has 1 saturated heterocycles. The summed E-state index contributed by atoms with van der Waals surface area (Å²) < 4.78 is 24.1. The number of esters is 1. The maximum absolute atomic E-state index is 13.7. The maximum Gasteiger partial charge on any atom is 0.316 e. The number of aliphatic hydroxyl groups is 1. The zero-order valence-electron chi connectivity index (χ0n) is 27.1. The van der Waals surface area contributed by atoms with Crippen LogP contribution < -0.4 is 0 Å². The number of methoxy groups -OCH3 is 1. The highest BCUT2D eigenvalue weighted by Gasteiger charge is 2.46. The predicted molar refractivity (Wildman–Crippen MR) is 155 cm³/mol. The number of Topliss-reactive ketones (excluding diaryl/α,β-unsaturated/α-hetero) is 1. The van der Waals surface area contributed by atoms with E-state index in [1.54, 1.807) is 34.8 Å². The fraction of sp³-hybridized carbons (Fsp3) is 0.903. The zero-order chi connectivity index (χ0) is 31.0. The number of hydrogen-bond acceptors (Lipinski definition) is 9. The first-order chi connectivity index (χ1) is 18.5. The third kappa shape index (κ3) is 9.31. The first-order valence-electron chi connectivity index (χ1n) is 14.9. The van der Waals surface area contributed by atoms with E-state index in [2.05, 4.69) is 25.9 Å². The topological polar surface area (TPSA) is 112 Å². The maximum atomic E-state index is 13.7. The molecule has 0 amide bonds. The van der Waals surface area contributed by atoms with Crippen molar-refractivity contribution in [1.29, 1.82) is 0 Å². The number of ether oxygens (including phenoxy) is 4. The zero-order valence-corrected chi connectivity index (χ0v) is 27.1. The van der Waals surface area contributed by atoms with Gasteiger partial charge in [-0.15, -0.1) is 0 Å². The normalized spacial score (nSPS) is 27.4. The molecule has 0 aliphatic carbocycles. The van der Waals surface area contributed by atoms with Gasteiger partial charge >= 0.3 is 5.97 Å². The monoisotopic (exact) mass is 571 g/mol. The van der Waals surface area contributed by atoms with Crippen molar-refractivity contribution in [2.45, 2.75) is 136 Å². The van der Waals surface area contributed by atoms with Gasteiger partial charge in [0.1, 0.15) is 29.7 Å². The first-order valence-corrected chi connectivity index (χ1v) is 14.9. The summed E-state index contributed by atoms with van der Waals surface area (Å²) in [5.74, 6) is -3.03. The van der Waals surface area contributed by atoms with Gasteiger partial charge in [0.2, 0.25) is 0 Å². The van der Waals surface area contributed by atoms with Crippen LogP contribution in [0.1, 0.15) is 94.4 Å².